The van der Waals surface area contributed by atoms with E-state index >= 15 is 0 Å². The van der Waals surface area contributed by atoms with Crippen LogP contribution in [0.4, 0.5) is 4.79 Å². The van der Waals surface area contributed by atoms with E-state index < -0.39 is 5.60 Å². The molecule has 7 heteroatoms. The van der Waals surface area contributed by atoms with Gasteiger partial charge in [0.2, 0.25) is 0 Å². The number of ether oxygens (including phenoxy) is 2. The smallest absolute Gasteiger partial charge is 0.493 e. The van der Waals surface area contributed by atoms with Crippen molar-refractivity contribution < 1.29 is 23.6 Å². The highest BCUT2D eigenvalue weighted by molar-refractivity contribution is 6.62. The van der Waals surface area contributed by atoms with Crippen molar-refractivity contribution in [3.05, 3.63) is 24.3 Å². The van der Waals surface area contributed by atoms with Gasteiger partial charge in [-0.15, -0.1) is 0 Å². The van der Waals surface area contributed by atoms with Crippen molar-refractivity contribution in [2.75, 3.05) is 19.7 Å². The van der Waals surface area contributed by atoms with Gasteiger partial charge in [-0.1, -0.05) is 12.1 Å². The number of carbonyl (C=O) groups is 1. The Kier molecular flexibility index (Phi) is 5.13. The van der Waals surface area contributed by atoms with Gasteiger partial charge in [-0.25, -0.2) is 4.79 Å². The molecule has 0 radical (unpaired) electrons. The Morgan fingerprint density at radius 2 is 1.60 bits per heavy atom. The number of fused-ring (bicyclic) bond motifs is 1. The van der Waals surface area contributed by atoms with Gasteiger partial charge in [-0.3, -0.25) is 0 Å². The molecule has 0 spiro atoms. The van der Waals surface area contributed by atoms with Gasteiger partial charge >= 0.3 is 13.2 Å². The summed E-state index contributed by atoms with van der Waals surface area (Å²) in [5.41, 5.74) is -0.135. The first-order valence-electron chi connectivity index (χ1n) is 10.9. The van der Waals surface area contributed by atoms with Crippen LogP contribution < -0.4 is 10.2 Å². The van der Waals surface area contributed by atoms with E-state index in [4.69, 9.17) is 18.8 Å². The first-order valence-corrected chi connectivity index (χ1v) is 10.9. The summed E-state index contributed by atoms with van der Waals surface area (Å²) in [6, 6.07) is 7.97. The third-order valence-corrected chi connectivity index (χ3v) is 6.87. The van der Waals surface area contributed by atoms with Crippen molar-refractivity contribution in [3.63, 3.8) is 0 Å². The minimum atomic E-state index is -0.446. The molecule has 2 saturated heterocycles. The van der Waals surface area contributed by atoms with Crippen LogP contribution in [-0.2, 0) is 14.0 Å². The SMILES string of the molecule is CC(C)(C)OC(=O)N1C[C@@H]2[C@@H](COc3ccc(B4OC(C)(C)C(C)(C)O4)cc3)[C@@H]2C1. The summed E-state index contributed by atoms with van der Waals surface area (Å²) in [6.07, 6.45) is -0.201. The van der Waals surface area contributed by atoms with Crippen molar-refractivity contribution in [2.24, 2.45) is 17.8 Å². The summed E-state index contributed by atoms with van der Waals surface area (Å²) in [6.45, 7) is 16.2. The Morgan fingerprint density at radius 1 is 1.07 bits per heavy atom. The number of benzene rings is 1. The van der Waals surface area contributed by atoms with Crippen LogP contribution in [0.2, 0.25) is 0 Å². The lowest BCUT2D eigenvalue weighted by molar-refractivity contribution is 0.00578. The second kappa shape index (κ2) is 7.16. The molecule has 30 heavy (non-hydrogen) atoms. The fourth-order valence-corrected chi connectivity index (χ4v) is 4.26. The van der Waals surface area contributed by atoms with Gasteiger partial charge in [-0.2, -0.15) is 0 Å². The molecule has 2 heterocycles. The molecule has 0 bridgehead atoms. The van der Waals surface area contributed by atoms with E-state index in [1.165, 1.54) is 0 Å². The van der Waals surface area contributed by atoms with E-state index in [1.54, 1.807) is 0 Å². The molecular weight excluding hydrogens is 381 g/mol. The van der Waals surface area contributed by atoms with Gasteiger partial charge in [-0.05, 0) is 77.9 Å². The van der Waals surface area contributed by atoms with Crippen molar-refractivity contribution in [1.29, 1.82) is 0 Å². The number of carbonyl (C=O) groups excluding carboxylic acids is 1. The molecule has 0 N–H and O–H groups in total. The summed E-state index contributed by atoms with van der Waals surface area (Å²) in [5.74, 6) is 2.43. The zero-order valence-corrected chi connectivity index (χ0v) is 19.2. The predicted molar refractivity (Wildman–Crippen MR) is 116 cm³/mol. The number of hydrogen-bond acceptors (Lipinski definition) is 5. The van der Waals surface area contributed by atoms with E-state index in [9.17, 15) is 4.79 Å². The van der Waals surface area contributed by atoms with Crippen LogP contribution in [0.3, 0.4) is 0 Å². The summed E-state index contributed by atoms with van der Waals surface area (Å²) in [5, 5.41) is 0. The molecular formula is C23H34BNO5. The Morgan fingerprint density at radius 3 is 2.10 bits per heavy atom. The number of rotatable bonds is 4. The maximum Gasteiger partial charge on any atom is 0.494 e. The third-order valence-electron chi connectivity index (χ3n) is 6.87. The minimum absolute atomic E-state index is 0.201. The second-order valence-corrected chi connectivity index (χ2v) is 10.8. The molecule has 6 nitrogen and oxygen atoms in total. The fourth-order valence-electron chi connectivity index (χ4n) is 4.26. The van der Waals surface area contributed by atoms with E-state index in [2.05, 4.69) is 27.7 Å². The molecule has 1 aliphatic carbocycles. The first kappa shape index (κ1) is 21.5. The van der Waals surface area contributed by atoms with Crippen LogP contribution >= 0.6 is 0 Å². The quantitative estimate of drug-likeness (QED) is 0.705. The summed E-state index contributed by atoms with van der Waals surface area (Å²) >= 11 is 0. The van der Waals surface area contributed by atoms with Gasteiger partial charge in [0.1, 0.15) is 11.4 Å². The maximum absolute atomic E-state index is 12.2. The molecule has 4 rings (SSSR count). The van der Waals surface area contributed by atoms with Crippen LogP contribution in [0.25, 0.3) is 0 Å². The van der Waals surface area contributed by atoms with Gasteiger partial charge in [0.05, 0.1) is 17.8 Å². The average molecular weight is 415 g/mol. The van der Waals surface area contributed by atoms with Crippen LogP contribution in [-0.4, -0.2) is 54.6 Å². The van der Waals surface area contributed by atoms with E-state index in [-0.39, 0.29) is 24.4 Å². The molecule has 3 atom stereocenters. The van der Waals surface area contributed by atoms with Crippen molar-refractivity contribution in [1.82, 2.24) is 4.90 Å². The average Bonchev–Trinajstić information content (AvgIpc) is 2.96. The monoisotopic (exact) mass is 415 g/mol. The Hall–Kier alpha value is -1.73. The molecule has 1 saturated carbocycles. The molecule has 2 aliphatic heterocycles. The van der Waals surface area contributed by atoms with Gasteiger partial charge in [0.25, 0.3) is 0 Å². The lowest BCUT2D eigenvalue weighted by Gasteiger charge is -2.32. The number of nitrogens with zero attached hydrogens (tertiary/aromatic N) is 1. The van der Waals surface area contributed by atoms with Crippen LogP contribution in [0.5, 0.6) is 5.75 Å². The first-order chi connectivity index (χ1) is 13.9. The second-order valence-electron chi connectivity index (χ2n) is 10.8. The zero-order valence-electron chi connectivity index (χ0n) is 19.2. The van der Waals surface area contributed by atoms with Crippen LogP contribution in [0, 0.1) is 17.8 Å². The predicted octanol–water partition coefficient (Wildman–Crippen LogP) is 3.48. The Bertz CT molecular complexity index is 773. The number of piperidine rings is 1. The van der Waals surface area contributed by atoms with Crippen molar-refractivity contribution in [3.8, 4) is 5.75 Å². The summed E-state index contributed by atoms with van der Waals surface area (Å²) < 4.78 is 23.7. The summed E-state index contributed by atoms with van der Waals surface area (Å²) in [7, 11) is -0.356. The van der Waals surface area contributed by atoms with E-state index in [0.717, 1.165) is 24.3 Å². The standard InChI is InChI=1S/C23H34BNO5/c1-21(2,3)28-20(26)25-12-17-18(13-25)19(17)14-27-16-10-8-15(9-11-16)24-29-22(4,5)23(6,7)30-24/h8-11,17-19H,12-14H2,1-7H3/t17-,18+,19+. The van der Waals surface area contributed by atoms with Crippen molar-refractivity contribution >= 4 is 18.7 Å². The largest absolute Gasteiger partial charge is 0.494 e. The molecule has 3 fully saturated rings. The highest BCUT2D eigenvalue weighted by Gasteiger charge is 2.57. The van der Waals surface area contributed by atoms with Gasteiger partial charge in [0.15, 0.2) is 0 Å². The lowest BCUT2D eigenvalue weighted by Crippen LogP contribution is -2.41. The molecule has 1 aromatic rings. The topological polar surface area (TPSA) is 57.2 Å². The van der Waals surface area contributed by atoms with E-state index in [1.807, 2.05) is 49.9 Å². The highest BCUT2D eigenvalue weighted by Crippen LogP contribution is 2.52. The highest BCUT2D eigenvalue weighted by atomic mass is 16.7. The maximum atomic E-state index is 12.2. The summed E-state index contributed by atoms with van der Waals surface area (Å²) in [4.78, 5) is 14.0. The number of likely N-dealkylation sites (tertiary alicyclic amines) is 1. The normalized spacial score (nSPS) is 29.0. The number of hydrogen-bond donors (Lipinski definition) is 0. The van der Waals surface area contributed by atoms with Gasteiger partial charge in [0, 0.05) is 19.0 Å². The molecule has 1 amide bonds. The molecule has 3 aliphatic rings. The van der Waals surface area contributed by atoms with E-state index in [0.29, 0.717) is 24.4 Å². The fraction of sp³-hybridized carbons (Fsp3) is 0.696. The number of amides is 1. The Labute approximate surface area is 180 Å². The van der Waals surface area contributed by atoms with Crippen molar-refractivity contribution in [2.45, 2.75) is 65.3 Å². The minimum Gasteiger partial charge on any atom is -0.493 e. The lowest BCUT2D eigenvalue weighted by atomic mass is 9.79. The molecule has 0 unspecified atom stereocenters. The molecule has 0 aromatic heterocycles. The Balaban J connectivity index is 1.24. The third kappa shape index (κ3) is 4.19. The molecule has 1 aromatic carbocycles. The van der Waals surface area contributed by atoms with Gasteiger partial charge < -0.3 is 23.7 Å². The zero-order chi connectivity index (χ0) is 21.9. The van der Waals surface area contributed by atoms with Crippen LogP contribution in [0.1, 0.15) is 48.5 Å². The van der Waals surface area contributed by atoms with Crippen LogP contribution in [0.15, 0.2) is 24.3 Å². The molecule has 164 valence electrons.